The molecule has 0 aromatic heterocycles. The van der Waals surface area contributed by atoms with Crippen LogP contribution in [0.4, 0.5) is 0 Å². The van der Waals surface area contributed by atoms with Crippen molar-refractivity contribution in [1.82, 2.24) is 15.8 Å². The second-order valence-electron chi connectivity index (χ2n) is 6.21. The van der Waals surface area contributed by atoms with E-state index in [0.29, 0.717) is 11.5 Å². The summed E-state index contributed by atoms with van der Waals surface area (Å²) in [5.41, 5.74) is 7.12. The minimum Gasteiger partial charge on any atom is -0.487 e. The fourth-order valence-electron chi connectivity index (χ4n) is 3.41. The van der Waals surface area contributed by atoms with E-state index in [1.54, 1.807) is 19.1 Å². The molecule has 0 spiro atoms. The number of hydrazine groups is 1. The zero-order valence-corrected chi connectivity index (χ0v) is 13.3. The molecule has 23 heavy (non-hydrogen) atoms. The third-order valence-electron chi connectivity index (χ3n) is 4.65. The van der Waals surface area contributed by atoms with Crippen LogP contribution in [-0.2, 0) is 4.79 Å². The summed E-state index contributed by atoms with van der Waals surface area (Å²) in [7, 11) is 0. The Balaban J connectivity index is 1.65. The predicted molar refractivity (Wildman–Crippen MR) is 85.5 cm³/mol. The van der Waals surface area contributed by atoms with E-state index in [9.17, 15) is 4.79 Å². The van der Waals surface area contributed by atoms with Gasteiger partial charge in [-0.1, -0.05) is 0 Å². The summed E-state index contributed by atoms with van der Waals surface area (Å²) in [5.74, 6) is 1.29. The van der Waals surface area contributed by atoms with Crippen LogP contribution < -0.4 is 15.6 Å². The van der Waals surface area contributed by atoms with Gasteiger partial charge in [-0.3, -0.25) is 15.6 Å². The minimum absolute atomic E-state index is 0.0137. The number of likely N-dealkylation sites (tertiary alicyclic amines) is 1. The Morgan fingerprint density at radius 2 is 2.17 bits per heavy atom. The molecule has 0 radical (unpaired) electrons. The lowest BCUT2D eigenvalue weighted by Crippen LogP contribution is -2.50. The lowest BCUT2D eigenvalue weighted by atomic mass is 9.88. The minimum atomic E-state index is 0.0137. The number of carbonyl (C=O) groups excluding carboxylic acids is 1. The molecule has 2 aliphatic rings. The van der Waals surface area contributed by atoms with Crippen molar-refractivity contribution in [3.05, 3.63) is 29.8 Å². The first-order valence-electron chi connectivity index (χ1n) is 8.08. The van der Waals surface area contributed by atoms with Crippen LogP contribution in [0, 0.1) is 17.2 Å². The van der Waals surface area contributed by atoms with Gasteiger partial charge >= 0.3 is 0 Å². The third-order valence-corrected chi connectivity index (χ3v) is 4.65. The van der Waals surface area contributed by atoms with Crippen molar-refractivity contribution in [3.8, 4) is 11.8 Å². The zero-order valence-electron chi connectivity index (χ0n) is 13.3. The molecule has 2 heterocycles. The Labute approximate surface area is 136 Å². The Hall–Kier alpha value is -2.10. The molecule has 2 N–H and O–H groups in total. The number of ether oxygens (including phenoxy) is 1. The highest BCUT2D eigenvalue weighted by molar-refractivity contribution is 5.73. The van der Waals surface area contributed by atoms with E-state index in [1.165, 1.54) is 0 Å². The molecule has 6 nitrogen and oxygen atoms in total. The van der Waals surface area contributed by atoms with Crippen molar-refractivity contribution in [1.29, 1.82) is 5.26 Å². The molecular weight excluding hydrogens is 292 g/mol. The molecule has 3 unspecified atom stereocenters. The standard InChI is InChI=1S/C17H22N4O2/c1-12(22)21-8-2-3-14(11-21)17-16(10-19-20-17)23-15-6-4-13(9-18)5-7-15/h4-7,14,16-17,19-20H,2-3,8,10-11H2,1H3. The molecule has 122 valence electrons. The first-order chi connectivity index (χ1) is 11.2. The van der Waals surface area contributed by atoms with Crippen LogP contribution in [0.25, 0.3) is 0 Å². The van der Waals surface area contributed by atoms with E-state index < -0.39 is 0 Å². The van der Waals surface area contributed by atoms with Crippen molar-refractivity contribution in [2.24, 2.45) is 5.92 Å². The van der Waals surface area contributed by atoms with Crippen molar-refractivity contribution >= 4 is 5.91 Å². The molecule has 2 fully saturated rings. The van der Waals surface area contributed by atoms with Crippen molar-refractivity contribution in [2.45, 2.75) is 31.9 Å². The van der Waals surface area contributed by atoms with Crippen molar-refractivity contribution in [3.63, 3.8) is 0 Å². The lowest BCUT2D eigenvalue weighted by Gasteiger charge is -2.36. The van der Waals surface area contributed by atoms with Gasteiger partial charge in [-0.05, 0) is 43.0 Å². The van der Waals surface area contributed by atoms with Gasteiger partial charge in [0.1, 0.15) is 11.9 Å². The number of nitrogens with one attached hydrogen (secondary N) is 2. The number of hydrogen-bond acceptors (Lipinski definition) is 5. The fourth-order valence-corrected chi connectivity index (χ4v) is 3.41. The van der Waals surface area contributed by atoms with Crippen LogP contribution in [0.3, 0.4) is 0 Å². The van der Waals surface area contributed by atoms with Crippen LogP contribution >= 0.6 is 0 Å². The average Bonchev–Trinajstić information content (AvgIpc) is 3.04. The Morgan fingerprint density at radius 1 is 1.39 bits per heavy atom. The van der Waals surface area contributed by atoms with Crippen LogP contribution in [-0.4, -0.2) is 42.6 Å². The Bertz CT molecular complexity index is 596. The van der Waals surface area contributed by atoms with Crippen LogP contribution in [0.2, 0.25) is 0 Å². The molecular formula is C17H22N4O2. The number of amides is 1. The van der Waals surface area contributed by atoms with E-state index in [-0.39, 0.29) is 18.1 Å². The number of nitrogens with zero attached hydrogens (tertiary/aromatic N) is 2. The molecule has 3 rings (SSSR count). The smallest absolute Gasteiger partial charge is 0.219 e. The molecule has 0 saturated carbocycles. The van der Waals surface area contributed by atoms with Gasteiger partial charge in [0.05, 0.1) is 17.7 Å². The van der Waals surface area contributed by atoms with E-state index in [4.69, 9.17) is 10.00 Å². The maximum absolute atomic E-state index is 11.6. The summed E-state index contributed by atoms with van der Waals surface area (Å²) >= 11 is 0. The summed E-state index contributed by atoms with van der Waals surface area (Å²) in [6.45, 7) is 3.99. The molecule has 1 amide bonds. The zero-order chi connectivity index (χ0) is 16.2. The second kappa shape index (κ2) is 6.99. The number of rotatable bonds is 3. The van der Waals surface area contributed by atoms with Crippen LogP contribution in [0.5, 0.6) is 5.75 Å². The number of hydrogen-bond donors (Lipinski definition) is 2. The highest BCUT2D eigenvalue weighted by Gasteiger charge is 2.37. The normalized spacial score (nSPS) is 27.5. The molecule has 0 aliphatic carbocycles. The average molecular weight is 314 g/mol. The van der Waals surface area contributed by atoms with E-state index >= 15 is 0 Å². The van der Waals surface area contributed by atoms with E-state index in [1.807, 2.05) is 17.0 Å². The van der Waals surface area contributed by atoms with Gasteiger partial charge < -0.3 is 9.64 Å². The third kappa shape index (κ3) is 3.63. The van der Waals surface area contributed by atoms with Gasteiger partial charge in [0.2, 0.25) is 5.91 Å². The summed E-state index contributed by atoms with van der Waals surface area (Å²) in [6.07, 6.45) is 2.14. The predicted octanol–water partition coefficient (Wildman–Crippen LogP) is 1.04. The van der Waals surface area contributed by atoms with Gasteiger partial charge in [-0.25, -0.2) is 0 Å². The van der Waals surface area contributed by atoms with Crippen molar-refractivity contribution < 1.29 is 9.53 Å². The summed E-state index contributed by atoms with van der Waals surface area (Å²) in [5, 5.41) is 8.85. The fraction of sp³-hybridized carbons (Fsp3) is 0.529. The topological polar surface area (TPSA) is 77.4 Å². The largest absolute Gasteiger partial charge is 0.487 e. The van der Waals surface area contributed by atoms with Gasteiger partial charge in [-0.2, -0.15) is 5.26 Å². The highest BCUT2D eigenvalue weighted by atomic mass is 16.5. The maximum atomic E-state index is 11.6. The van der Waals surface area contributed by atoms with Crippen LogP contribution in [0.15, 0.2) is 24.3 Å². The second-order valence-corrected chi connectivity index (χ2v) is 6.21. The number of piperidine rings is 1. The van der Waals surface area contributed by atoms with Gasteiger partial charge in [-0.15, -0.1) is 0 Å². The van der Waals surface area contributed by atoms with Gasteiger partial charge in [0, 0.05) is 26.6 Å². The molecule has 1 aromatic carbocycles. The summed E-state index contributed by atoms with van der Waals surface area (Å²) < 4.78 is 6.10. The molecule has 1 aromatic rings. The van der Waals surface area contributed by atoms with Crippen molar-refractivity contribution in [2.75, 3.05) is 19.6 Å². The Morgan fingerprint density at radius 3 is 2.87 bits per heavy atom. The number of benzene rings is 1. The summed E-state index contributed by atoms with van der Waals surface area (Å²) in [4.78, 5) is 13.5. The van der Waals surface area contributed by atoms with E-state index in [2.05, 4.69) is 16.9 Å². The Kier molecular flexibility index (Phi) is 4.79. The SMILES string of the molecule is CC(=O)N1CCCC(C2NNCC2Oc2ccc(C#N)cc2)C1. The molecule has 2 aliphatic heterocycles. The monoisotopic (exact) mass is 314 g/mol. The number of carbonyl (C=O) groups is 1. The quantitative estimate of drug-likeness (QED) is 0.872. The molecule has 6 heteroatoms. The first-order valence-corrected chi connectivity index (χ1v) is 8.08. The van der Waals surface area contributed by atoms with Crippen LogP contribution in [0.1, 0.15) is 25.3 Å². The van der Waals surface area contributed by atoms with Gasteiger partial charge in [0.15, 0.2) is 0 Å². The summed E-state index contributed by atoms with van der Waals surface area (Å²) in [6, 6.07) is 9.46. The first kappa shape index (κ1) is 15.8. The highest BCUT2D eigenvalue weighted by Crippen LogP contribution is 2.25. The molecule has 2 saturated heterocycles. The van der Waals surface area contributed by atoms with Gasteiger partial charge in [0.25, 0.3) is 0 Å². The lowest BCUT2D eigenvalue weighted by molar-refractivity contribution is -0.131. The molecule has 0 bridgehead atoms. The number of nitriles is 1. The molecule has 3 atom stereocenters. The van der Waals surface area contributed by atoms with E-state index in [0.717, 1.165) is 38.2 Å². The maximum Gasteiger partial charge on any atom is 0.219 e.